The number of anilines is 2. The molecule has 5 aromatic rings. The minimum Gasteiger partial charge on any atom is -0.545 e. The molecule has 0 unspecified atom stereocenters. The molecule has 0 aliphatic carbocycles. The van der Waals surface area contributed by atoms with Crippen molar-refractivity contribution in [1.29, 1.82) is 0 Å². The number of benzene rings is 3. The van der Waals surface area contributed by atoms with E-state index in [0.717, 1.165) is 27.8 Å². The topological polar surface area (TPSA) is 105 Å². The summed E-state index contributed by atoms with van der Waals surface area (Å²) in [7, 11) is 1.63. The van der Waals surface area contributed by atoms with E-state index in [1.165, 1.54) is 12.1 Å². The van der Waals surface area contributed by atoms with E-state index >= 15 is 0 Å². The van der Waals surface area contributed by atoms with Crippen LogP contribution in [0.2, 0.25) is 10.0 Å². The molecule has 2 aromatic heterocycles. The van der Waals surface area contributed by atoms with Crippen molar-refractivity contribution in [1.82, 2.24) is 0 Å². The molecule has 0 radical (unpaired) electrons. The Morgan fingerprint density at radius 2 is 1.72 bits per heavy atom. The summed E-state index contributed by atoms with van der Waals surface area (Å²) < 4.78 is 16.4. The quantitative estimate of drug-likeness (QED) is 0.248. The molecular formula is C29H24Cl2NNaO6. The molecule has 0 atom stereocenters. The minimum atomic E-state index is -1.26. The first-order chi connectivity index (χ1) is 18.1. The van der Waals surface area contributed by atoms with E-state index in [-0.39, 0.29) is 46.7 Å². The van der Waals surface area contributed by atoms with Crippen LogP contribution in [0.3, 0.4) is 0 Å². The number of hydrogen-bond acceptors (Lipinski definition) is 7. The Hall–Kier alpha value is -2.94. The van der Waals surface area contributed by atoms with Crippen LogP contribution in [0.15, 0.2) is 74.3 Å². The van der Waals surface area contributed by atoms with Gasteiger partial charge in [-0.25, -0.2) is 4.79 Å². The fourth-order valence-electron chi connectivity index (χ4n) is 3.92. The molecule has 2 heterocycles. The van der Waals surface area contributed by atoms with E-state index in [1.807, 2.05) is 26.8 Å². The Bertz CT molecular complexity index is 1710. The average molecular weight is 576 g/mol. The zero-order valence-electron chi connectivity index (χ0n) is 22.1. The molecule has 5 rings (SSSR count). The largest absolute Gasteiger partial charge is 1.00 e. The normalized spacial score (nSPS) is 10.6. The first kappa shape index (κ1) is 30.6. The van der Waals surface area contributed by atoms with Crippen LogP contribution in [-0.2, 0) is 0 Å². The number of carboxylic acid groups (broad SMARTS) is 1. The van der Waals surface area contributed by atoms with Crippen molar-refractivity contribution in [2.24, 2.45) is 0 Å². The van der Waals surface area contributed by atoms with Crippen LogP contribution >= 0.6 is 23.2 Å². The standard InChI is InChI=1S/C15H14O4.C14H11Cl2NO2.Na/c1-8(2)14-15(17-3)10-6-9-4-5-13(16)18-11(9)7-12(10)19-14;1-8-6-7-10(15)13(12(8)16)17-11-5-3-2-4-9(11)14(18)19;/h4-8H,1-3H3;2-7,17H,1H3,(H,18,19);/q;;+1/p-1. The number of rotatable bonds is 5. The summed E-state index contributed by atoms with van der Waals surface area (Å²) in [5, 5.41) is 16.6. The first-order valence-corrected chi connectivity index (χ1v) is 12.4. The summed E-state index contributed by atoms with van der Waals surface area (Å²) in [4.78, 5) is 22.3. The monoisotopic (exact) mass is 575 g/mol. The van der Waals surface area contributed by atoms with Gasteiger partial charge in [0.15, 0.2) is 5.75 Å². The smallest absolute Gasteiger partial charge is 0.545 e. The maximum Gasteiger partial charge on any atom is 1.00 e. The Morgan fingerprint density at radius 3 is 2.38 bits per heavy atom. The number of furan rings is 1. The van der Waals surface area contributed by atoms with Crippen LogP contribution in [-0.4, -0.2) is 13.1 Å². The van der Waals surface area contributed by atoms with Gasteiger partial charge in [-0.2, -0.15) is 0 Å². The Kier molecular flexibility index (Phi) is 10.2. The van der Waals surface area contributed by atoms with Crippen LogP contribution in [0, 0.1) is 6.92 Å². The van der Waals surface area contributed by atoms with E-state index in [4.69, 9.17) is 36.8 Å². The number of aryl methyl sites for hydroxylation is 1. The molecule has 3 aromatic carbocycles. The molecule has 39 heavy (non-hydrogen) atoms. The van der Waals surface area contributed by atoms with Gasteiger partial charge in [-0.05, 0) is 36.8 Å². The van der Waals surface area contributed by atoms with E-state index in [1.54, 1.807) is 49.6 Å². The molecule has 0 saturated carbocycles. The number of carbonyl (C=O) groups excluding carboxylic acids is 1. The predicted octanol–water partition coefficient (Wildman–Crippen LogP) is 4.08. The third-order valence-corrected chi connectivity index (χ3v) is 6.63. The molecule has 0 bridgehead atoms. The second kappa shape index (κ2) is 12.9. The number of para-hydroxylation sites is 1. The summed E-state index contributed by atoms with van der Waals surface area (Å²) in [6.45, 7) is 5.93. The molecule has 10 heteroatoms. The molecule has 196 valence electrons. The van der Waals surface area contributed by atoms with Gasteiger partial charge >= 0.3 is 35.2 Å². The Labute approximate surface area is 257 Å². The zero-order chi connectivity index (χ0) is 27.6. The average Bonchev–Trinajstić information content (AvgIpc) is 3.25. The van der Waals surface area contributed by atoms with Crippen molar-refractivity contribution in [2.45, 2.75) is 26.7 Å². The summed E-state index contributed by atoms with van der Waals surface area (Å²) in [6, 6.07) is 16.7. The molecule has 0 aliphatic rings. The third kappa shape index (κ3) is 6.62. The number of aromatic carboxylic acids is 1. The van der Waals surface area contributed by atoms with Crippen LogP contribution in [0.4, 0.5) is 11.4 Å². The maximum absolute atomic E-state index is 11.2. The van der Waals surface area contributed by atoms with Crippen molar-refractivity contribution >= 4 is 62.5 Å². The van der Waals surface area contributed by atoms with Gasteiger partial charge in [0.25, 0.3) is 0 Å². The molecule has 0 fully saturated rings. The van der Waals surface area contributed by atoms with Crippen molar-refractivity contribution < 1.29 is 53.0 Å². The van der Waals surface area contributed by atoms with Crippen molar-refractivity contribution in [2.75, 3.05) is 12.4 Å². The van der Waals surface area contributed by atoms with Gasteiger partial charge in [-0.3, -0.25) is 0 Å². The molecular weight excluding hydrogens is 552 g/mol. The summed E-state index contributed by atoms with van der Waals surface area (Å²) in [6.07, 6.45) is 0. The number of ether oxygens (including phenoxy) is 1. The van der Waals surface area contributed by atoms with Gasteiger partial charge in [-0.15, -0.1) is 0 Å². The van der Waals surface area contributed by atoms with Gasteiger partial charge in [-0.1, -0.05) is 61.3 Å². The van der Waals surface area contributed by atoms with Crippen molar-refractivity contribution in [3.05, 3.63) is 98.0 Å². The summed E-state index contributed by atoms with van der Waals surface area (Å²) in [5.41, 5.74) is 2.59. The Morgan fingerprint density at radius 1 is 1.00 bits per heavy atom. The van der Waals surface area contributed by atoms with Gasteiger partial charge in [0.1, 0.15) is 16.9 Å². The molecule has 0 saturated heterocycles. The van der Waals surface area contributed by atoms with E-state index in [0.29, 0.717) is 32.6 Å². The van der Waals surface area contributed by atoms with E-state index < -0.39 is 5.97 Å². The second-order valence-corrected chi connectivity index (χ2v) is 9.59. The first-order valence-electron chi connectivity index (χ1n) is 11.7. The fourth-order valence-corrected chi connectivity index (χ4v) is 4.39. The number of halogens is 2. The Balaban J connectivity index is 0.000000210. The summed E-state index contributed by atoms with van der Waals surface area (Å²) >= 11 is 12.2. The molecule has 1 N–H and O–H groups in total. The van der Waals surface area contributed by atoms with E-state index in [9.17, 15) is 14.7 Å². The van der Waals surface area contributed by atoms with Gasteiger partial charge in [0.2, 0.25) is 0 Å². The summed E-state index contributed by atoms with van der Waals surface area (Å²) in [5.74, 6) is 0.508. The van der Waals surface area contributed by atoms with Crippen molar-refractivity contribution in [3.8, 4) is 5.75 Å². The van der Waals surface area contributed by atoms with Crippen LogP contribution < -0.4 is 50.3 Å². The number of carboxylic acids is 1. The minimum absolute atomic E-state index is 0. The third-order valence-electron chi connectivity index (χ3n) is 5.83. The fraction of sp³-hybridized carbons (Fsp3) is 0.172. The SMILES string of the molecule is COc1c(C(C)C)oc2cc3oc(=O)ccc3cc12.Cc1ccc(Cl)c(Nc2ccccc2C(=O)[O-])c1Cl.[Na+]. The number of nitrogens with one attached hydrogen (secondary N) is 1. The number of fused-ring (bicyclic) bond motifs is 2. The van der Waals surface area contributed by atoms with Crippen LogP contribution in [0.25, 0.3) is 21.9 Å². The number of hydrogen-bond donors (Lipinski definition) is 1. The predicted molar refractivity (Wildman–Crippen MR) is 148 cm³/mol. The molecule has 0 aliphatic heterocycles. The van der Waals surface area contributed by atoms with Gasteiger partial charge in [0.05, 0.1) is 34.2 Å². The zero-order valence-corrected chi connectivity index (χ0v) is 25.6. The van der Waals surface area contributed by atoms with E-state index in [2.05, 4.69) is 5.32 Å². The second-order valence-electron chi connectivity index (χ2n) is 8.81. The van der Waals surface area contributed by atoms with Crippen LogP contribution in [0.5, 0.6) is 5.75 Å². The van der Waals surface area contributed by atoms with Gasteiger partial charge in [0, 0.05) is 34.7 Å². The number of carbonyl (C=O) groups is 1. The molecule has 0 spiro atoms. The van der Waals surface area contributed by atoms with Gasteiger partial charge < -0.3 is 28.8 Å². The van der Waals surface area contributed by atoms with Crippen LogP contribution in [0.1, 0.15) is 41.4 Å². The van der Waals surface area contributed by atoms with Crippen molar-refractivity contribution in [3.63, 3.8) is 0 Å². The molecule has 7 nitrogen and oxygen atoms in total. The number of methoxy groups -OCH3 is 1. The molecule has 0 amide bonds. The maximum atomic E-state index is 11.2.